The number of aromatic carboxylic acids is 1. The predicted molar refractivity (Wildman–Crippen MR) is 75.8 cm³/mol. The fourth-order valence-corrected chi connectivity index (χ4v) is 2.31. The number of ether oxygens (including phenoxy) is 2. The smallest absolute Gasteiger partial charge is 0.339 e. The summed E-state index contributed by atoms with van der Waals surface area (Å²) in [5, 5.41) is 9.56. The van der Waals surface area contributed by atoms with Crippen molar-refractivity contribution < 1.29 is 19.4 Å². The van der Waals surface area contributed by atoms with Gasteiger partial charge in [-0.3, -0.25) is 4.90 Å². The van der Waals surface area contributed by atoms with Gasteiger partial charge < -0.3 is 14.6 Å². The maximum absolute atomic E-state index is 11.1. The van der Waals surface area contributed by atoms with E-state index in [1.807, 2.05) is 0 Å². The zero-order valence-corrected chi connectivity index (χ0v) is 12.1. The summed E-state index contributed by atoms with van der Waals surface area (Å²) in [7, 11) is 0. The number of rotatable bonds is 5. The molecule has 5 nitrogen and oxygen atoms in total. The third kappa shape index (κ3) is 3.85. The largest absolute Gasteiger partial charge is 0.490 e. The molecule has 1 aliphatic heterocycles. The van der Waals surface area contributed by atoms with Gasteiger partial charge in [0.15, 0.2) is 0 Å². The van der Waals surface area contributed by atoms with Crippen molar-refractivity contribution in [2.24, 2.45) is 0 Å². The SMILES string of the molecule is CCN1CCOC(COc2cc(Cl)ccc2C(=O)O)C1. The van der Waals surface area contributed by atoms with Gasteiger partial charge in [0.1, 0.15) is 24.0 Å². The quantitative estimate of drug-likeness (QED) is 0.902. The number of hydrogen-bond acceptors (Lipinski definition) is 4. The van der Waals surface area contributed by atoms with E-state index in [2.05, 4.69) is 11.8 Å². The minimum atomic E-state index is -1.03. The van der Waals surface area contributed by atoms with Gasteiger partial charge in [-0.15, -0.1) is 0 Å². The highest BCUT2D eigenvalue weighted by Crippen LogP contribution is 2.24. The number of carbonyl (C=O) groups is 1. The Hall–Kier alpha value is -1.30. The van der Waals surface area contributed by atoms with Gasteiger partial charge in [-0.2, -0.15) is 0 Å². The van der Waals surface area contributed by atoms with Crippen molar-refractivity contribution in [3.05, 3.63) is 28.8 Å². The Morgan fingerprint density at radius 3 is 3.10 bits per heavy atom. The Balaban J connectivity index is 1.99. The average molecular weight is 300 g/mol. The van der Waals surface area contributed by atoms with Crippen LogP contribution in [0.1, 0.15) is 17.3 Å². The lowest BCUT2D eigenvalue weighted by molar-refractivity contribution is -0.0465. The topological polar surface area (TPSA) is 59.0 Å². The van der Waals surface area contributed by atoms with Gasteiger partial charge >= 0.3 is 5.97 Å². The molecule has 0 amide bonds. The molecular weight excluding hydrogens is 282 g/mol. The van der Waals surface area contributed by atoms with Crippen LogP contribution in [0.4, 0.5) is 0 Å². The van der Waals surface area contributed by atoms with Crippen molar-refractivity contribution in [2.75, 3.05) is 32.8 Å². The van der Waals surface area contributed by atoms with Crippen molar-refractivity contribution >= 4 is 17.6 Å². The van der Waals surface area contributed by atoms with Gasteiger partial charge in [0.05, 0.1) is 6.61 Å². The second kappa shape index (κ2) is 6.92. The summed E-state index contributed by atoms with van der Waals surface area (Å²) in [6.07, 6.45) is -0.0515. The van der Waals surface area contributed by atoms with Crippen molar-refractivity contribution in [2.45, 2.75) is 13.0 Å². The van der Waals surface area contributed by atoms with E-state index in [1.165, 1.54) is 18.2 Å². The molecule has 0 saturated carbocycles. The zero-order chi connectivity index (χ0) is 14.5. The van der Waals surface area contributed by atoms with Crippen molar-refractivity contribution in [3.8, 4) is 5.75 Å². The number of carboxylic acid groups (broad SMARTS) is 1. The monoisotopic (exact) mass is 299 g/mol. The summed E-state index contributed by atoms with van der Waals surface area (Å²) in [5.41, 5.74) is 0.109. The molecule has 20 heavy (non-hydrogen) atoms. The Labute approximate surface area is 123 Å². The van der Waals surface area contributed by atoms with Crippen molar-refractivity contribution in [1.82, 2.24) is 4.90 Å². The Morgan fingerprint density at radius 2 is 2.40 bits per heavy atom. The van der Waals surface area contributed by atoms with Crippen LogP contribution in [-0.2, 0) is 4.74 Å². The summed E-state index contributed by atoms with van der Waals surface area (Å²) in [5.74, 6) is -0.751. The molecule has 2 rings (SSSR count). The maximum atomic E-state index is 11.1. The Bertz CT molecular complexity index is 480. The highest BCUT2D eigenvalue weighted by Gasteiger charge is 2.21. The van der Waals surface area contributed by atoms with Gasteiger partial charge in [0, 0.05) is 18.1 Å². The minimum Gasteiger partial charge on any atom is -0.490 e. The van der Waals surface area contributed by atoms with Gasteiger partial charge in [-0.25, -0.2) is 4.79 Å². The molecule has 0 aromatic heterocycles. The maximum Gasteiger partial charge on any atom is 0.339 e. The lowest BCUT2D eigenvalue weighted by atomic mass is 10.2. The molecule has 0 bridgehead atoms. The average Bonchev–Trinajstić information content (AvgIpc) is 2.45. The third-order valence-electron chi connectivity index (χ3n) is 3.27. The first-order valence-electron chi connectivity index (χ1n) is 6.59. The van der Waals surface area contributed by atoms with Crippen LogP contribution < -0.4 is 4.74 Å². The summed E-state index contributed by atoms with van der Waals surface area (Å²) < 4.78 is 11.2. The van der Waals surface area contributed by atoms with Gasteiger partial charge in [0.25, 0.3) is 0 Å². The summed E-state index contributed by atoms with van der Waals surface area (Å²) in [6.45, 7) is 5.77. The minimum absolute atomic E-state index is 0.0515. The lowest BCUT2D eigenvalue weighted by Crippen LogP contribution is -2.44. The van der Waals surface area contributed by atoms with E-state index in [0.29, 0.717) is 18.2 Å². The van der Waals surface area contributed by atoms with Crippen LogP contribution in [0.5, 0.6) is 5.75 Å². The van der Waals surface area contributed by atoms with Crippen LogP contribution in [0.15, 0.2) is 18.2 Å². The summed E-state index contributed by atoms with van der Waals surface area (Å²) in [6, 6.07) is 4.50. The molecule has 1 saturated heterocycles. The number of nitrogens with zero attached hydrogens (tertiary/aromatic N) is 1. The number of carboxylic acids is 1. The van der Waals surface area contributed by atoms with E-state index in [9.17, 15) is 4.79 Å². The van der Waals surface area contributed by atoms with Crippen LogP contribution >= 0.6 is 11.6 Å². The fourth-order valence-electron chi connectivity index (χ4n) is 2.14. The lowest BCUT2D eigenvalue weighted by Gasteiger charge is -2.31. The molecule has 1 N–H and O–H groups in total. The highest BCUT2D eigenvalue weighted by molar-refractivity contribution is 6.30. The highest BCUT2D eigenvalue weighted by atomic mass is 35.5. The van der Waals surface area contributed by atoms with Crippen LogP contribution in [0.2, 0.25) is 5.02 Å². The van der Waals surface area contributed by atoms with Gasteiger partial charge in [-0.05, 0) is 24.7 Å². The fraction of sp³-hybridized carbons (Fsp3) is 0.500. The van der Waals surface area contributed by atoms with Gasteiger partial charge in [-0.1, -0.05) is 18.5 Å². The molecule has 0 radical (unpaired) electrons. The second-order valence-corrected chi connectivity index (χ2v) is 5.08. The van der Waals surface area contributed by atoms with E-state index in [-0.39, 0.29) is 17.4 Å². The van der Waals surface area contributed by atoms with Crippen LogP contribution in [0.3, 0.4) is 0 Å². The summed E-state index contributed by atoms with van der Waals surface area (Å²) in [4.78, 5) is 13.4. The van der Waals surface area contributed by atoms with E-state index in [4.69, 9.17) is 26.2 Å². The molecule has 6 heteroatoms. The first-order chi connectivity index (χ1) is 9.60. The van der Waals surface area contributed by atoms with E-state index < -0.39 is 5.97 Å². The summed E-state index contributed by atoms with van der Waals surface area (Å²) >= 11 is 5.88. The van der Waals surface area contributed by atoms with Crippen LogP contribution in [0, 0.1) is 0 Å². The number of halogens is 1. The molecular formula is C14H18ClNO4. The third-order valence-corrected chi connectivity index (χ3v) is 3.50. The first kappa shape index (κ1) is 15.1. The second-order valence-electron chi connectivity index (χ2n) is 4.64. The standard InChI is InChI=1S/C14H18ClNO4/c1-2-16-5-6-19-11(8-16)9-20-13-7-10(15)3-4-12(13)14(17)18/h3-4,7,11H,2,5-6,8-9H2,1H3,(H,17,18). The van der Waals surface area contributed by atoms with Crippen molar-refractivity contribution in [1.29, 1.82) is 0 Å². The molecule has 1 atom stereocenters. The predicted octanol–water partition coefficient (Wildman–Crippen LogP) is 2.14. The molecule has 0 spiro atoms. The molecule has 1 heterocycles. The molecule has 110 valence electrons. The number of morpholine rings is 1. The molecule has 1 fully saturated rings. The van der Waals surface area contributed by atoms with Gasteiger partial charge in [0.2, 0.25) is 0 Å². The van der Waals surface area contributed by atoms with E-state index in [0.717, 1.165) is 19.6 Å². The number of benzene rings is 1. The first-order valence-corrected chi connectivity index (χ1v) is 6.97. The Morgan fingerprint density at radius 1 is 1.60 bits per heavy atom. The zero-order valence-electron chi connectivity index (χ0n) is 11.3. The molecule has 1 aliphatic rings. The number of likely N-dealkylation sites (N-methyl/N-ethyl adjacent to an activating group) is 1. The number of hydrogen-bond donors (Lipinski definition) is 1. The van der Waals surface area contributed by atoms with Crippen LogP contribution in [-0.4, -0.2) is 54.9 Å². The Kier molecular flexibility index (Phi) is 5.23. The molecule has 1 unspecified atom stereocenters. The van der Waals surface area contributed by atoms with E-state index in [1.54, 1.807) is 0 Å². The molecule has 1 aromatic rings. The normalized spacial score (nSPS) is 19.8. The van der Waals surface area contributed by atoms with Crippen LogP contribution in [0.25, 0.3) is 0 Å². The molecule has 1 aromatic carbocycles. The van der Waals surface area contributed by atoms with E-state index >= 15 is 0 Å². The molecule has 0 aliphatic carbocycles. The van der Waals surface area contributed by atoms with Crippen molar-refractivity contribution in [3.63, 3.8) is 0 Å².